The summed E-state index contributed by atoms with van der Waals surface area (Å²) in [6, 6.07) is 3.40. The van der Waals surface area contributed by atoms with Gasteiger partial charge in [0.15, 0.2) is 0 Å². The van der Waals surface area contributed by atoms with Gasteiger partial charge in [-0.25, -0.2) is 4.98 Å². The van der Waals surface area contributed by atoms with E-state index in [1.54, 1.807) is 0 Å². The minimum Gasteiger partial charge on any atom is -0.356 e. The van der Waals surface area contributed by atoms with Crippen LogP contribution in [0.25, 0.3) is 0 Å². The van der Waals surface area contributed by atoms with Crippen LogP contribution in [-0.4, -0.2) is 53.1 Å². The Morgan fingerprint density at radius 2 is 1.68 bits per heavy atom. The van der Waals surface area contributed by atoms with Crippen molar-refractivity contribution in [2.45, 2.75) is 76.3 Å². The first-order chi connectivity index (χ1) is 12.4. The molecule has 3 fully saturated rings. The standard InChI is InChI=1S/C20H33N5/c1-2-5-14-24(13-4-1)19-11-12-21-20(23-19)22-17-8-3-6-15-25(16-17)18-9-7-10-18/h11-12,17-18H,1-10,13-16H2,(H,21,22,23). The summed E-state index contributed by atoms with van der Waals surface area (Å²) in [7, 11) is 0. The average Bonchev–Trinajstić information content (AvgIpc) is 2.97. The maximum atomic E-state index is 4.85. The van der Waals surface area contributed by atoms with Crippen LogP contribution >= 0.6 is 0 Å². The molecule has 0 bridgehead atoms. The van der Waals surface area contributed by atoms with Crippen molar-refractivity contribution >= 4 is 11.8 Å². The van der Waals surface area contributed by atoms with Crippen LogP contribution in [0.15, 0.2) is 12.3 Å². The zero-order valence-corrected chi connectivity index (χ0v) is 15.5. The van der Waals surface area contributed by atoms with Crippen molar-refractivity contribution < 1.29 is 0 Å². The van der Waals surface area contributed by atoms with E-state index in [9.17, 15) is 0 Å². The first-order valence-corrected chi connectivity index (χ1v) is 10.5. The fraction of sp³-hybridized carbons (Fsp3) is 0.800. The molecule has 3 aliphatic rings. The third-order valence-corrected chi connectivity index (χ3v) is 6.20. The fourth-order valence-electron chi connectivity index (χ4n) is 4.45. The normalized spacial score (nSPS) is 26.6. The Morgan fingerprint density at radius 1 is 0.880 bits per heavy atom. The van der Waals surface area contributed by atoms with Gasteiger partial charge in [-0.15, -0.1) is 0 Å². The van der Waals surface area contributed by atoms with Crippen molar-refractivity contribution in [3.8, 4) is 0 Å². The van der Waals surface area contributed by atoms with Gasteiger partial charge in [-0.05, 0) is 51.1 Å². The molecular weight excluding hydrogens is 310 g/mol. The highest BCUT2D eigenvalue weighted by Gasteiger charge is 2.28. The van der Waals surface area contributed by atoms with Gasteiger partial charge in [0.1, 0.15) is 5.82 Å². The molecule has 5 heteroatoms. The van der Waals surface area contributed by atoms with E-state index in [4.69, 9.17) is 4.98 Å². The van der Waals surface area contributed by atoms with Crippen molar-refractivity contribution in [2.24, 2.45) is 0 Å². The summed E-state index contributed by atoms with van der Waals surface area (Å²) < 4.78 is 0. The largest absolute Gasteiger partial charge is 0.356 e. The van der Waals surface area contributed by atoms with E-state index in [0.29, 0.717) is 6.04 Å². The molecule has 1 atom stereocenters. The van der Waals surface area contributed by atoms with E-state index in [1.165, 1.54) is 70.8 Å². The second kappa shape index (κ2) is 8.35. The average molecular weight is 344 g/mol. The predicted octanol–water partition coefficient (Wildman–Crippen LogP) is 3.68. The zero-order chi connectivity index (χ0) is 16.9. The molecule has 3 heterocycles. The Balaban J connectivity index is 1.40. The number of hydrogen-bond donors (Lipinski definition) is 1. The third kappa shape index (κ3) is 4.43. The summed E-state index contributed by atoms with van der Waals surface area (Å²) >= 11 is 0. The number of nitrogens with one attached hydrogen (secondary N) is 1. The quantitative estimate of drug-likeness (QED) is 0.903. The van der Waals surface area contributed by atoms with Gasteiger partial charge >= 0.3 is 0 Å². The van der Waals surface area contributed by atoms with Gasteiger partial charge in [0.2, 0.25) is 5.95 Å². The lowest BCUT2D eigenvalue weighted by Gasteiger charge is -2.38. The van der Waals surface area contributed by atoms with E-state index in [2.05, 4.69) is 26.2 Å². The number of nitrogens with zero attached hydrogens (tertiary/aromatic N) is 4. The molecule has 0 aromatic carbocycles. The smallest absolute Gasteiger partial charge is 0.224 e. The summed E-state index contributed by atoms with van der Waals surface area (Å²) in [6.07, 6.45) is 15.3. The van der Waals surface area contributed by atoms with Gasteiger partial charge < -0.3 is 10.2 Å². The van der Waals surface area contributed by atoms with Gasteiger partial charge in [-0.3, -0.25) is 4.90 Å². The van der Waals surface area contributed by atoms with Gasteiger partial charge in [-0.1, -0.05) is 25.7 Å². The Morgan fingerprint density at radius 3 is 2.44 bits per heavy atom. The van der Waals surface area contributed by atoms with Crippen LogP contribution in [-0.2, 0) is 0 Å². The molecule has 5 nitrogen and oxygen atoms in total. The maximum absolute atomic E-state index is 4.85. The molecule has 0 amide bonds. The first-order valence-electron chi connectivity index (χ1n) is 10.5. The summed E-state index contributed by atoms with van der Waals surface area (Å²) in [5, 5.41) is 3.66. The van der Waals surface area contributed by atoms with Crippen LogP contribution in [0.4, 0.5) is 11.8 Å². The number of aromatic nitrogens is 2. The molecule has 138 valence electrons. The molecule has 4 rings (SSSR count). The monoisotopic (exact) mass is 343 g/mol. The first kappa shape index (κ1) is 17.1. The topological polar surface area (TPSA) is 44.3 Å². The Kier molecular flexibility index (Phi) is 5.70. The highest BCUT2D eigenvalue weighted by molar-refractivity contribution is 5.43. The lowest BCUT2D eigenvalue weighted by atomic mass is 9.91. The van der Waals surface area contributed by atoms with Crippen molar-refractivity contribution in [3.63, 3.8) is 0 Å². The van der Waals surface area contributed by atoms with E-state index in [-0.39, 0.29) is 0 Å². The van der Waals surface area contributed by atoms with Crippen LogP contribution in [0.3, 0.4) is 0 Å². The second-order valence-corrected chi connectivity index (χ2v) is 8.06. The van der Waals surface area contributed by atoms with Gasteiger partial charge in [0.05, 0.1) is 0 Å². The Hall–Kier alpha value is -1.36. The van der Waals surface area contributed by atoms with Crippen LogP contribution in [0.5, 0.6) is 0 Å². The van der Waals surface area contributed by atoms with Gasteiger partial charge in [0.25, 0.3) is 0 Å². The van der Waals surface area contributed by atoms with Crippen LogP contribution < -0.4 is 10.2 Å². The molecule has 1 aliphatic carbocycles. The molecule has 0 radical (unpaired) electrons. The van der Waals surface area contributed by atoms with E-state index in [1.807, 2.05) is 6.20 Å². The van der Waals surface area contributed by atoms with Crippen LogP contribution in [0.2, 0.25) is 0 Å². The third-order valence-electron chi connectivity index (χ3n) is 6.20. The van der Waals surface area contributed by atoms with Gasteiger partial charge in [-0.2, -0.15) is 4.98 Å². The van der Waals surface area contributed by atoms with Crippen molar-refractivity contribution in [1.29, 1.82) is 0 Å². The zero-order valence-electron chi connectivity index (χ0n) is 15.5. The summed E-state index contributed by atoms with van der Waals surface area (Å²) in [6.45, 7) is 4.70. The number of likely N-dealkylation sites (tertiary alicyclic amines) is 1. The van der Waals surface area contributed by atoms with Crippen molar-refractivity contribution in [2.75, 3.05) is 36.4 Å². The van der Waals surface area contributed by atoms with Gasteiger partial charge in [0, 0.05) is 37.9 Å². The molecular formula is C20H33N5. The minimum absolute atomic E-state index is 0.488. The number of anilines is 2. The SMILES string of the molecule is c1cc(N2CCCCCC2)nc(NC2CCCCN(C3CCC3)C2)n1. The summed E-state index contributed by atoms with van der Waals surface area (Å²) in [4.78, 5) is 14.5. The minimum atomic E-state index is 0.488. The molecule has 25 heavy (non-hydrogen) atoms. The highest BCUT2D eigenvalue weighted by Crippen LogP contribution is 2.27. The molecule has 1 saturated carbocycles. The van der Waals surface area contributed by atoms with Crippen molar-refractivity contribution in [3.05, 3.63) is 12.3 Å². The van der Waals surface area contributed by atoms with E-state index < -0.39 is 0 Å². The molecule has 0 spiro atoms. The number of hydrogen-bond acceptors (Lipinski definition) is 5. The molecule has 2 aliphatic heterocycles. The van der Waals surface area contributed by atoms with Crippen LogP contribution in [0, 0.1) is 0 Å². The lowest BCUT2D eigenvalue weighted by Crippen LogP contribution is -2.45. The molecule has 1 N–H and O–H groups in total. The summed E-state index contributed by atoms with van der Waals surface area (Å²) in [5.74, 6) is 1.92. The second-order valence-electron chi connectivity index (χ2n) is 8.06. The predicted molar refractivity (Wildman–Crippen MR) is 103 cm³/mol. The molecule has 2 saturated heterocycles. The Labute approximate surface area is 152 Å². The summed E-state index contributed by atoms with van der Waals surface area (Å²) in [5.41, 5.74) is 0. The highest BCUT2D eigenvalue weighted by atomic mass is 15.2. The lowest BCUT2D eigenvalue weighted by molar-refractivity contribution is 0.129. The Bertz CT molecular complexity index is 537. The van der Waals surface area contributed by atoms with Crippen molar-refractivity contribution in [1.82, 2.24) is 14.9 Å². The molecule has 1 aromatic rings. The fourth-order valence-corrected chi connectivity index (χ4v) is 4.45. The molecule has 1 aromatic heterocycles. The van der Waals surface area contributed by atoms with Crippen LogP contribution in [0.1, 0.15) is 64.2 Å². The van der Waals surface area contributed by atoms with E-state index >= 15 is 0 Å². The maximum Gasteiger partial charge on any atom is 0.224 e. The van der Waals surface area contributed by atoms with E-state index in [0.717, 1.165) is 37.4 Å². The number of rotatable bonds is 4. The molecule has 1 unspecified atom stereocenters.